The standard InChI is InChI=1S/C10H13BrN4/c1-4-8-10(13-7(2)5-12)15(3)6-9(11)14-8/h6-7H,4H2,1-3H3. The molecule has 1 rings (SSSR count). The second-order valence-corrected chi connectivity index (χ2v) is 4.05. The first-order valence-electron chi connectivity index (χ1n) is 4.74. The third-order valence-corrected chi connectivity index (χ3v) is 2.35. The number of hydrogen-bond acceptors (Lipinski definition) is 3. The minimum Gasteiger partial charge on any atom is -0.332 e. The summed E-state index contributed by atoms with van der Waals surface area (Å²) in [6.45, 7) is 3.78. The molecule has 0 aliphatic carbocycles. The van der Waals surface area contributed by atoms with Crippen LogP contribution in [0.4, 0.5) is 0 Å². The molecule has 0 N–H and O–H groups in total. The quantitative estimate of drug-likeness (QED) is 0.818. The van der Waals surface area contributed by atoms with Gasteiger partial charge >= 0.3 is 0 Å². The maximum atomic E-state index is 8.72. The van der Waals surface area contributed by atoms with E-state index in [1.807, 2.05) is 24.7 Å². The van der Waals surface area contributed by atoms with Crippen molar-refractivity contribution in [1.29, 1.82) is 5.26 Å². The maximum Gasteiger partial charge on any atom is 0.150 e. The Labute approximate surface area is 97.4 Å². The number of aryl methyl sites for hydroxylation is 2. The second-order valence-electron chi connectivity index (χ2n) is 3.23. The molecule has 0 bridgehead atoms. The topological polar surface area (TPSA) is 54.0 Å². The summed E-state index contributed by atoms with van der Waals surface area (Å²) in [7, 11) is 1.90. The van der Waals surface area contributed by atoms with E-state index in [1.165, 1.54) is 0 Å². The van der Waals surface area contributed by atoms with Crippen molar-refractivity contribution in [1.82, 2.24) is 9.55 Å². The molecule has 1 atom stereocenters. The first kappa shape index (κ1) is 11.9. The normalized spacial score (nSPS) is 13.7. The van der Waals surface area contributed by atoms with Crippen LogP contribution >= 0.6 is 15.9 Å². The maximum absolute atomic E-state index is 8.72. The molecule has 1 aromatic heterocycles. The Hall–Kier alpha value is -1.15. The van der Waals surface area contributed by atoms with Crippen LogP contribution in [-0.4, -0.2) is 15.6 Å². The summed E-state index contributed by atoms with van der Waals surface area (Å²) in [5, 5.41) is 8.72. The number of nitrogens with zero attached hydrogens (tertiary/aromatic N) is 4. The highest BCUT2D eigenvalue weighted by atomic mass is 79.9. The van der Waals surface area contributed by atoms with E-state index in [4.69, 9.17) is 5.26 Å². The first-order chi connectivity index (χ1) is 7.08. The fraction of sp³-hybridized carbons (Fsp3) is 0.500. The summed E-state index contributed by atoms with van der Waals surface area (Å²) in [5.74, 6) is 0. The van der Waals surface area contributed by atoms with Crippen molar-refractivity contribution in [2.75, 3.05) is 0 Å². The van der Waals surface area contributed by atoms with Crippen molar-refractivity contribution in [3.8, 4) is 6.07 Å². The number of halogens is 1. The van der Waals surface area contributed by atoms with Crippen LogP contribution in [0.3, 0.4) is 0 Å². The van der Waals surface area contributed by atoms with Gasteiger partial charge in [-0.2, -0.15) is 5.26 Å². The van der Waals surface area contributed by atoms with Crippen molar-refractivity contribution < 1.29 is 0 Å². The van der Waals surface area contributed by atoms with E-state index in [9.17, 15) is 0 Å². The molecular weight excluding hydrogens is 256 g/mol. The molecule has 15 heavy (non-hydrogen) atoms. The lowest BCUT2D eigenvalue weighted by Gasteiger charge is -2.06. The third-order valence-electron chi connectivity index (χ3n) is 1.97. The van der Waals surface area contributed by atoms with Crippen molar-refractivity contribution in [3.05, 3.63) is 22.0 Å². The Balaban J connectivity index is 3.40. The zero-order chi connectivity index (χ0) is 11.4. The largest absolute Gasteiger partial charge is 0.332 e. The van der Waals surface area contributed by atoms with Crippen molar-refractivity contribution in [2.24, 2.45) is 12.0 Å². The molecule has 4 nitrogen and oxygen atoms in total. The van der Waals surface area contributed by atoms with Gasteiger partial charge in [-0.25, -0.2) is 9.98 Å². The fourth-order valence-corrected chi connectivity index (χ4v) is 1.77. The summed E-state index contributed by atoms with van der Waals surface area (Å²) >= 11 is 3.33. The fourth-order valence-electron chi connectivity index (χ4n) is 1.25. The average Bonchev–Trinajstić information content (AvgIpc) is 2.21. The van der Waals surface area contributed by atoms with Crippen LogP contribution < -0.4 is 5.49 Å². The first-order valence-corrected chi connectivity index (χ1v) is 5.53. The van der Waals surface area contributed by atoms with Gasteiger partial charge in [0.2, 0.25) is 0 Å². The van der Waals surface area contributed by atoms with Gasteiger partial charge in [0.15, 0.2) is 5.49 Å². The van der Waals surface area contributed by atoms with E-state index in [0.29, 0.717) is 0 Å². The summed E-state index contributed by atoms with van der Waals surface area (Å²) < 4.78 is 2.66. The van der Waals surface area contributed by atoms with Gasteiger partial charge in [0.1, 0.15) is 10.6 Å². The summed E-state index contributed by atoms with van der Waals surface area (Å²) in [6.07, 6.45) is 2.63. The summed E-state index contributed by atoms with van der Waals surface area (Å²) in [5.41, 5.74) is 1.67. The Morgan fingerprint density at radius 2 is 2.40 bits per heavy atom. The van der Waals surface area contributed by atoms with E-state index in [1.54, 1.807) is 6.92 Å². The van der Waals surface area contributed by atoms with Gasteiger partial charge in [0.05, 0.1) is 11.8 Å². The smallest absolute Gasteiger partial charge is 0.150 e. The number of rotatable bonds is 2. The molecular formula is C10H13BrN4. The third kappa shape index (κ3) is 2.90. The Morgan fingerprint density at radius 3 is 2.93 bits per heavy atom. The van der Waals surface area contributed by atoms with Crippen molar-refractivity contribution in [3.63, 3.8) is 0 Å². The Kier molecular flexibility index (Phi) is 4.04. The summed E-state index contributed by atoms with van der Waals surface area (Å²) in [4.78, 5) is 8.64. The van der Waals surface area contributed by atoms with Gasteiger partial charge in [-0.05, 0) is 29.3 Å². The van der Waals surface area contributed by atoms with Gasteiger partial charge in [-0.15, -0.1) is 0 Å². The summed E-state index contributed by atoms with van der Waals surface area (Å²) in [6, 6.07) is 1.74. The van der Waals surface area contributed by atoms with Crippen LogP contribution in [-0.2, 0) is 13.5 Å². The molecule has 1 heterocycles. The van der Waals surface area contributed by atoms with Crippen LogP contribution in [0.2, 0.25) is 0 Å². The molecule has 5 heteroatoms. The zero-order valence-electron chi connectivity index (χ0n) is 9.03. The predicted molar refractivity (Wildman–Crippen MR) is 60.9 cm³/mol. The molecule has 0 saturated heterocycles. The number of aromatic nitrogens is 2. The van der Waals surface area contributed by atoms with Gasteiger partial charge in [0, 0.05) is 13.2 Å². The molecule has 0 fully saturated rings. The lowest BCUT2D eigenvalue weighted by molar-refractivity contribution is 0.731. The van der Waals surface area contributed by atoms with Crippen LogP contribution in [0.5, 0.6) is 0 Å². The van der Waals surface area contributed by atoms with E-state index in [2.05, 4.69) is 32.0 Å². The van der Waals surface area contributed by atoms with E-state index in [0.717, 1.165) is 22.2 Å². The molecule has 0 radical (unpaired) electrons. The van der Waals surface area contributed by atoms with Crippen LogP contribution in [0, 0.1) is 11.3 Å². The molecule has 0 amide bonds. The van der Waals surface area contributed by atoms with Gasteiger partial charge in [-0.3, -0.25) is 0 Å². The number of nitriles is 1. The van der Waals surface area contributed by atoms with Crippen LogP contribution in [0.25, 0.3) is 0 Å². The van der Waals surface area contributed by atoms with Crippen molar-refractivity contribution in [2.45, 2.75) is 26.3 Å². The van der Waals surface area contributed by atoms with E-state index in [-0.39, 0.29) is 6.04 Å². The Morgan fingerprint density at radius 1 is 1.73 bits per heavy atom. The zero-order valence-corrected chi connectivity index (χ0v) is 10.6. The molecule has 1 aromatic rings. The molecule has 0 aromatic carbocycles. The monoisotopic (exact) mass is 268 g/mol. The molecule has 0 aliphatic rings. The van der Waals surface area contributed by atoms with Gasteiger partial charge in [-0.1, -0.05) is 6.92 Å². The minimum atomic E-state index is -0.343. The van der Waals surface area contributed by atoms with Crippen LogP contribution in [0.15, 0.2) is 15.8 Å². The van der Waals surface area contributed by atoms with E-state index >= 15 is 0 Å². The molecule has 0 aliphatic heterocycles. The number of hydrogen-bond donors (Lipinski definition) is 0. The lowest BCUT2D eigenvalue weighted by atomic mass is 10.3. The van der Waals surface area contributed by atoms with Gasteiger partial charge < -0.3 is 4.57 Å². The average molecular weight is 269 g/mol. The SMILES string of the molecule is CCc1nc(Br)cn(C)c1=NC(C)C#N. The molecule has 0 spiro atoms. The molecule has 80 valence electrons. The highest BCUT2D eigenvalue weighted by Gasteiger charge is 2.03. The van der Waals surface area contributed by atoms with Crippen LogP contribution in [0.1, 0.15) is 19.5 Å². The second kappa shape index (κ2) is 5.08. The van der Waals surface area contributed by atoms with Crippen molar-refractivity contribution >= 4 is 15.9 Å². The van der Waals surface area contributed by atoms with E-state index < -0.39 is 0 Å². The highest BCUT2D eigenvalue weighted by molar-refractivity contribution is 9.10. The lowest BCUT2D eigenvalue weighted by Crippen LogP contribution is -2.25. The minimum absolute atomic E-state index is 0.343. The van der Waals surface area contributed by atoms with Gasteiger partial charge in [0.25, 0.3) is 0 Å². The molecule has 0 saturated carbocycles. The predicted octanol–water partition coefficient (Wildman–Crippen LogP) is 1.56. The highest BCUT2D eigenvalue weighted by Crippen LogP contribution is 2.03. The Bertz CT molecular complexity index is 455. The molecule has 1 unspecified atom stereocenters.